The Hall–Kier alpha value is -3.35. The number of nitrogens with one attached hydrogen (secondary N) is 1. The molecule has 1 unspecified atom stereocenters. The SMILES string of the molecule is Cc1cc(C(C)Nc2ccccc2C(=O)O)c2nc(N3CCC4(CC4)C3)n(C)c(=O)c2c1. The van der Waals surface area contributed by atoms with Crippen LogP contribution < -0.4 is 15.8 Å². The summed E-state index contributed by atoms with van der Waals surface area (Å²) in [7, 11) is 1.80. The highest BCUT2D eigenvalue weighted by atomic mass is 16.4. The third-order valence-electron chi connectivity index (χ3n) is 7.00. The average Bonchev–Trinajstić information content (AvgIpc) is 3.39. The Bertz CT molecular complexity index is 1290. The van der Waals surface area contributed by atoms with Crippen molar-refractivity contribution >= 4 is 28.5 Å². The van der Waals surface area contributed by atoms with Gasteiger partial charge in [-0.05, 0) is 62.3 Å². The van der Waals surface area contributed by atoms with E-state index in [2.05, 4.69) is 10.2 Å². The largest absolute Gasteiger partial charge is 0.478 e. The van der Waals surface area contributed by atoms with Crippen LogP contribution in [0.4, 0.5) is 11.6 Å². The predicted octanol–water partition coefficient (Wildman–Crippen LogP) is 4.10. The third kappa shape index (κ3) is 3.42. The highest BCUT2D eigenvalue weighted by Gasteiger charge is 2.48. The Kier molecular flexibility index (Phi) is 4.73. The van der Waals surface area contributed by atoms with Crippen LogP contribution >= 0.6 is 0 Å². The molecule has 7 nitrogen and oxygen atoms in total. The van der Waals surface area contributed by atoms with Crippen molar-refractivity contribution < 1.29 is 9.90 Å². The normalized spacial score (nSPS) is 17.7. The Morgan fingerprint density at radius 2 is 1.97 bits per heavy atom. The van der Waals surface area contributed by atoms with Crippen LogP contribution in [0.25, 0.3) is 10.9 Å². The molecule has 2 aliphatic rings. The van der Waals surface area contributed by atoms with Gasteiger partial charge in [-0.15, -0.1) is 0 Å². The molecule has 2 N–H and O–H groups in total. The van der Waals surface area contributed by atoms with Gasteiger partial charge < -0.3 is 15.3 Å². The van der Waals surface area contributed by atoms with Gasteiger partial charge in [-0.1, -0.05) is 18.2 Å². The summed E-state index contributed by atoms with van der Waals surface area (Å²) in [6.07, 6.45) is 3.68. The number of carboxylic acid groups (broad SMARTS) is 1. The summed E-state index contributed by atoms with van der Waals surface area (Å²) in [5.41, 5.74) is 3.67. The second-order valence-corrected chi connectivity index (χ2v) is 9.41. The highest BCUT2D eigenvalue weighted by molar-refractivity contribution is 5.94. The number of para-hydroxylation sites is 1. The molecule has 1 aromatic heterocycles. The number of hydrogen-bond donors (Lipinski definition) is 2. The van der Waals surface area contributed by atoms with Gasteiger partial charge in [0, 0.05) is 31.4 Å². The maximum Gasteiger partial charge on any atom is 0.337 e. The fraction of sp³-hybridized carbons (Fsp3) is 0.400. The van der Waals surface area contributed by atoms with E-state index < -0.39 is 5.97 Å². The zero-order valence-electron chi connectivity index (χ0n) is 18.7. The number of aryl methyl sites for hydroxylation is 1. The van der Waals surface area contributed by atoms with Crippen molar-refractivity contribution in [3.63, 3.8) is 0 Å². The monoisotopic (exact) mass is 432 g/mol. The predicted molar refractivity (Wildman–Crippen MR) is 126 cm³/mol. The molecule has 2 heterocycles. The van der Waals surface area contributed by atoms with Crippen molar-refractivity contribution in [1.82, 2.24) is 9.55 Å². The molecule has 2 fully saturated rings. The van der Waals surface area contributed by atoms with Crippen LogP contribution in [0.1, 0.15) is 53.7 Å². The van der Waals surface area contributed by atoms with E-state index in [4.69, 9.17) is 4.98 Å². The van der Waals surface area contributed by atoms with Gasteiger partial charge in [0.05, 0.1) is 22.5 Å². The first kappa shape index (κ1) is 20.5. The molecule has 1 saturated carbocycles. The number of carbonyl (C=O) groups is 1. The summed E-state index contributed by atoms with van der Waals surface area (Å²) < 4.78 is 1.67. The quantitative estimate of drug-likeness (QED) is 0.631. The van der Waals surface area contributed by atoms with E-state index in [1.165, 1.54) is 12.8 Å². The maximum atomic E-state index is 13.3. The van der Waals surface area contributed by atoms with Crippen LogP contribution in [0.5, 0.6) is 0 Å². The molecule has 32 heavy (non-hydrogen) atoms. The number of carboxylic acids is 1. The van der Waals surface area contributed by atoms with E-state index in [1.807, 2.05) is 32.0 Å². The molecule has 3 aromatic rings. The van der Waals surface area contributed by atoms with Gasteiger partial charge in [-0.3, -0.25) is 9.36 Å². The molecular formula is C25H28N4O3. The van der Waals surface area contributed by atoms with Crippen LogP contribution in [-0.4, -0.2) is 33.7 Å². The fourth-order valence-corrected chi connectivity index (χ4v) is 4.95. The zero-order valence-corrected chi connectivity index (χ0v) is 18.7. The number of anilines is 2. The lowest BCUT2D eigenvalue weighted by molar-refractivity contribution is 0.0698. The lowest BCUT2D eigenvalue weighted by Crippen LogP contribution is -2.30. The molecular weight excluding hydrogens is 404 g/mol. The van der Waals surface area contributed by atoms with E-state index in [9.17, 15) is 14.7 Å². The van der Waals surface area contributed by atoms with E-state index in [1.54, 1.807) is 29.8 Å². The first-order valence-electron chi connectivity index (χ1n) is 11.1. The van der Waals surface area contributed by atoms with Gasteiger partial charge in [0.1, 0.15) is 0 Å². The Morgan fingerprint density at radius 3 is 2.66 bits per heavy atom. The number of aromatic carboxylic acids is 1. The van der Waals surface area contributed by atoms with Crippen LogP contribution in [-0.2, 0) is 7.05 Å². The second-order valence-electron chi connectivity index (χ2n) is 9.41. The molecule has 1 spiro atoms. The molecule has 0 amide bonds. The summed E-state index contributed by atoms with van der Waals surface area (Å²) in [6, 6.07) is 10.5. The van der Waals surface area contributed by atoms with E-state index >= 15 is 0 Å². The molecule has 1 aliphatic carbocycles. The standard InChI is InChI=1S/C25H28N4O3/c1-15-12-18(16(2)26-20-7-5-4-6-17(20)23(31)32)21-19(13-15)22(30)28(3)24(27-21)29-11-10-25(14-29)8-9-25/h4-7,12-13,16,26H,8-11,14H2,1-3H3,(H,31,32). The summed E-state index contributed by atoms with van der Waals surface area (Å²) in [4.78, 5) is 32.2. The molecule has 0 radical (unpaired) electrons. The zero-order chi connectivity index (χ0) is 22.6. The Labute approximate surface area is 186 Å². The van der Waals surface area contributed by atoms with Crippen LogP contribution in [0.15, 0.2) is 41.2 Å². The van der Waals surface area contributed by atoms with E-state index in [0.717, 1.165) is 36.6 Å². The summed E-state index contributed by atoms with van der Waals surface area (Å²) in [5.74, 6) is -0.263. The maximum absolute atomic E-state index is 13.3. The molecule has 7 heteroatoms. The van der Waals surface area contributed by atoms with Gasteiger partial charge >= 0.3 is 5.97 Å². The average molecular weight is 433 g/mol. The molecule has 166 valence electrons. The lowest BCUT2D eigenvalue weighted by Gasteiger charge is -2.23. The van der Waals surface area contributed by atoms with Crippen molar-refractivity contribution in [2.45, 2.75) is 39.2 Å². The van der Waals surface area contributed by atoms with Gasteiger partial charge in [-0.25, -0.2) is 9.78 Å². The third-order valence-corrected chi connectivity index (χ3v) is 7.00. The van der Waals surface area contributed by atoms with Crippen LogP contribution in [0.2, 0.25) is 0 Å². The number of fused-ring (bicyclic) bond motifs is 1. The number of rotatable bonds is 5. The minimum Gasteiger partial charge on any atom is -0.478 e. The number of nitrogens with zero attached hydrogens (tertiary/aromatic N) is 3. The van der Waals surface area contributed by atoms with Crippen molar-refractivity contribution in [2.75, 3.05) is 23.3 Å². The van der Waals surface area contributed by atoms with Crippen molar-refractivity contribution in [1.29, 1.82) is 0 Å². The summed E-state index contributed by atoms with van der Waals surface area (Å²) in [6.45, 7) is 5.82. The van der Waals surface area contributed by atoms with Crippen LogP contribution in [0.3, 0.4) is 0 Å². The number of benzene rings is 2. The van der Waals surface area contributed by atoms with Gasteiger partial charge in [0.2, 0.25) is 5.95 Å². The fourth-order valence-electron chi connectivity index (χ4n) is 4.95. The summed E-state index contributed by atoms with van der Waals surface area (Å²) in [5, 5.41) is 13.5. The molecule has 5 rings (SSSR count). The van der Waals surface area contributed by atoms with E-state index in [0.29, 0.717) is 22.0 Å². The minimum absolute atomic E-state index is 0.0511. The van der Waals surface area contributed by atoms with Crippen molar-refractivity contribution in [2.24, 2.45) is 12.5 Å². The van der Waals surface area contributed by atoms with Crippen molar-refractivity contribution in [3.05, 3.63) is 63.4 Å². The molecule has 1 aliphatic heterocycles. The second kappa shape index (κ2) is 7.36. The highest BCUT2D eigenvalue weighted by Crippen LogP contribution is 2.53. The minimum atomic E-state index is -0.980. The first-order chi connectivity index (χ1) is 15.3. The van der Waals surface area contributed by atoms with Gasteiger partial charge in [-0.2, -0.15) is 0 Å². The Morgan fingerprint density at radius 1 is 1.22 bits per heavy atom. The number of aromatic nitrogens is 2. The smallest absolute Gasteiger partial charge is 0.337 e. The molecule has 0 bridgehead atoms. The topological polar surface area (TPSA) is 87.5 Å². The lowest BCUT2D eigenvalue weighted by atomic mass is 10.0. The van der Waals surface area contributed by atoms with Gasteiger partial charge in [0.15, 0.2) is 0 Å². The van der Waals surface area contributed by atoms with Crippen LogP contribution in [0, 0.1) is 12.3 Å². The Balaban J connectivity index is 1.60. The van der Waals surface area contributed by atoms with Gasteiger partial charge in [0.25, 0.3) is 5.56 Å². The van der Waals surface area contributed by atoms with E-state index in [-0.39, 0.29) is 17.2 Å². The number of hydrogen-bond acceptors (Lipinski definition) is 5. The molecule has 1 atom stereocenters. The summed E-state index contributed by atoms with van der Waals surface area (Å²) >= 11 is 0. The van der Waals surface area contributed by atoms with Crippen molar-refractivity contribution in [3.8, 4) is 0 Å². The molecule has 1 saturated heterocycles. The molecule has 2 aromatic carbocycles. The first-order valence-corrected chi connectivity index (χ1v) is 11.1.